The molecule has 0 atom stereocenters. The third kappa shape index (κ3) is 4.15. The fourth-order valence-electron chi connectivity index (χ4n) is 1.41. The lowest BCUT2D eigenvalue weighted by Crippen LogP contribution is -2.22. The fraction of sp³-hybridized carbons (Fsp3) is 0.333. The first-order valence-electron chi connectivity index (χ1n) is 5.74. The SMILES string of the molecule is C/C=C\c1[nH]nc(NCC(N)=O)c1/C=C(\C)C(F)(F)F. The number of carbonyl (C=O) groups excluding carboxylic acids is 1. The van der Waals surface area contributed by atoms with Crippen LogP contribution < -0.4 is 11.1 Å². The molecule has 8 heteroatoms. The van der Waals surface area contributed by atoms with Crippen LogP contribution in [0.4, 0.5) is 19.0 Å². The van der Waals surface area contributed by atoms with E-state index < -0.39 is 17.7 Å². The third-order valence-electron chi connectivity index (χ3n) is 2.40. The number of anilines is 1. The number of primary amides is 1. The molecule has 0 aliphatic rings. The van der Waals surface area contributed by atoms with Crippen molar-refractivity contribution in [1.82, 2.24) is 10.2 Å². The van der Waals surface area contributed by atoms with E-state index in [1.165, 1.54) is 0 Å². The topological polar surface area (TPSA) is 83.8 Å². The molecule has 1 aromatic heterocycles. The second-order valence-corrected chi connectivity index (χ2v) is 4.04. The predicted molar refractivity (Wildman–Crippen MR) is 70.7 cm³/mol. The summed E-state index contributed by atoms with van der Waals surface area (Å²) >= 11 is 0. The van der Waals surface area contributed by atoms with Gasteiger partial charge >= 0.3 is 6.18 Å². The first-order chi connectivity index (χ1) is 9.25. The number of hydrogen-bond acceptors (Lipinski definition) is 3. The van der Waals surface area contributed by atoms with E-state index in [1.807, 2.05) is 0 Å². The number of aromatic amines is 1. The molecule has 0 fully saturated rings. The molecule has 0 bridgehead atoms. The highest BCUT2D eigenvalue weighted by molar-refractivity contribution is 5.80. The quantitative estimate of drug-likeness (QED) is 0.777. The van der Waals surface area contributed by atoms with Crippen molar-refractivity contribution in [3.8, 4) is 0 Å². The van der Waals surface area contributed by atoms with Crippen molar-refractivity contribution in [1.29, 1.82) is 0 Å². The Morgan fingerprint density at radius 1 is 1.50 bits per heavy atom. The lowest BCUT2D eigenvalue weighted by molar-refractivity contribution is -0.116. The summed E-state index contributed by atoms with van der Waals surface area (Å²) in [6.45, 7) is 2.47. The van der Waals surface area contributed by atoms with Crippen molar-refractivity contribution in [2.45, 2.75) is 20.0 Å². The molecule has 20 heavy (non-hydrogen) atoms. The van der Waals surface area contributed by atoms with Gasteiger partial charge in [-0.1, -0.05) is 6.08 Å². The molecule has 1 rings (SSSR count). The summed E-state index contributed by atoms with van der Waals surface area (Å²) in [7, 11) is 0. The molecule has 1 heterocycles. The smallest absolute Gasteiger partial charge is 0.368 e. The number of aromatic nitrogens is 2. The maximum Gasteiger partial charge on any atom is 0.412 e. The second-order valence-electron chi connectivity index (χ2n) is 4.04. The minimum Gasteiger partial charge on any atom is -0.368 e. The molecule has 5 nitrogen and oxygen atoms in total. The Hall–Kier alpha value is -2.25. The average molecular weight is 288 g/mol. The molecule has 1 aromatic rings. The van der Waals surface area contributed by atoms with Gasteiger partial charge in [-0.05, 0) is 26.0 Å². The first kappa shape index (κ1) is 15.8. The molecule has 110 valence electrons. The first-order valence-corrected chi connectivity index (χ1v) is 5.74. The van der Waals surface area contributed by atoms with Crippen LogP contribution >= 0.6 is 0 Å². The molecule has 0 saturated heterocycles. The number of alkyl halides is 3. The Kier molecular flexibility index (Phi) is 4.95. The van der Waals surface area contributed by atoms with Crippen LogP contribution in [0.25, 0.3) is 12.2 Å². The molecule has 4 N–H and O–H groups in total. The molecule has 0 saturated carbocycles. The molecule has 0 aliphatic heterocycles. The van der Waals surface area contributed by atoms with E-state index >= 15 is 0 Å². The standard InChI is InChI=1S/C12H15F3N4O/c1-3-4-9-8(5-7(2)12(13,14)15)11(19-18-9)17-6-10(16)20/h3-5H,6H2,1-2H3,(H2,16,20)(H2,17,18,19)/b4-3-,7-5+. The van der Waals surface area contributed by atoms with E-state index in [0.717, 1.165) is 13.0 Å². The zero-order valence-corrected chi connectivity index (χ0v) is 11.0. The molecule has 0 aliphatic carbocycles. The number of allylic oxidation sites excluding steroid dienone is 2. The van der Waals surface area contributed by atoms with Gasteiger partial charge in [0.25, 0.3) is 0 Å². The van der Waals surface area contributed by atoms with E-state index in [9.17, 15) is 18.0 Å². The average Bonchev–Trinajstić information content (AvgIpc) is 2.69. The van der Waals surface area contributed by atoms with Crippen molar-refractivity contribution in [2.24, 2.45) is 5.73 Å². The van der Waals surface area contributed by atoms with E-state index in [-0.39, 0.29) is 17.9 Å². The van der Waals surface area contributed by atoms with Crippen molar-refractivity contribution < 1.29 is 18.0 Å². The summed E-state index contributed by atoms with van der Waals surface area (Å²) < 4.78 is 37.8. The van der Waals surface area contributed by atoms with Gasteiger partial charge in [-0.3, -0.25) is 9.89 Å². The number of nitrogens with one attached hydrogen (secondary N) is 2. The maximum atomic E-state index is 12.6. The van der Waals surface area contributed by atoms with Crippen molar-refractivity contribution in [2.75, 3.05) is 11.9 Å². The number of nitrogens with zero attached hydrogens (tertiary/aromatic N) is 1. The predicted octanol–water partition coefficient (Wildman–Crippen LogP) is 2.31. The number of rotatable bonds is 5. The van der Waals surface area contributed by atoms with E-state index in [4.69, 9.17) is 5.73 Å². The molecule has 1 amide bonds. The van der Waals surface area contributed by atoms with Crippen LogP contribution in [-0.2, 0) is 4.79 Å². The summed E-state index contributed by atoms with van der Waals surface area (Å²) in [6, 6.07) is 0. The summed E-state index contributed by atoms with van der Waals surface area (Å²) in [6.07, 6.45) is -0.225. The molecule has 0 aromatic carbocycles. The van der Waals surface area contributed by atoms with Gasteiger partial charge in [0.2, 0.25) is 5.91 Å². The van der Waals surface area contributed by atoms with Gasteiger partial charge in [-0.25, -0.2) is 0 Å². The van der Waals surface area contributed by atoms with E-state index in [1.54, 1.807) is 19.1 Å². The summed E-state index contributed by atoms with van der Waals surface area (Å²) in [5.41, 5.74) is 4.83. The van der Waals surface area contributed by atoms with Crippen LogP contribution in [0.15, 0.2) is 11.6 Å². The van der Waals surface area contributed by atoms with Gasteiger partial charge in [0, 0.05) is 11.1 Å². The zero-order valence-electron chi connectivity index (χ0n) is 11.0. The molecule has 0 spiro atoms. The Balaban J connectivity index is 3.18. The van der Waals surface area contributed by atoms with Crippen molar-refractivity contribution in [3.05, 3.63) is 22.9 Å². The van der Waals surface area contributed by atoms with Gasteiger partial charge in [-0.15, -0.1) is 0 Å². The van der Waals surface area contributed by atoms with Crippen molar-refractivity contribution >= 4 is 23.9 Å². The van der Waals surface area contributed by atoms with Gasteiger partial charge in [0.05, 0.1) is 12.2 Å². The Morgan fingerprint density at radius 3 is 2.65 bits per heavy atom. The Labute approximate surface area is 113 Å². The monoisotopic (exact) mass is 288 g/mol. The lowest BCUT2D eigenvalue weighted by atomic mass is 10.1. The van der Waals surface area contributed by atoms with Crippen LogP contribution in [0.2, 0.25) is 0 Å². The highest BCUT2D eigenvalue weighted by Gasteiger charge is 2.30. The number of hydrogen-bond donors (Lipinski definition) is 3. The number of nitrogens with two attached hydrogens (primary N) is 1. The normalized spacial score (nSPS) is 12.9. The summed E-state index contributed by atoms with van der Waals surface area (Å²) in [5, 5.41) is 9.01. The number of carbonyl (C=O) groups is 1. The van der Waals surface area contributed by atoms with Crippen LogP contribution in [0.3, 0.4) is 0 Å². The lowest BCUT2D eigenvalue weighted by Gasteiger charge is -2.07. The van der Waals surface area contributed by atoms with Crippen LogP contribution in [0.1, 0.15) is 25.1 Å². The zero-order chi connectivity index (χ0) is 15.3. The second kappa shape index (κ2) is 6.27. The Bertz CT molecular complexity index is 543. The minimum absolute atomic E-state index is 0.139. The van der Waals surface area contributed by atoms with E-state index in [0.29, 0.717) is 5.69 Å². The highest BCUT2D eigenvalue weighted by Crippen LogP contribution is 2.29. The van der Waals surface area contributed by atoms with Crippen LogP contribution in [0, 0.1) is 0 Å². The van der Waals surface area contributed by atoms with Crippen LogP contribution in [0.5, 0.6) is 0 Å². The third-order valence-corrected chi connectivity index (χ3v) is 2.40. The van der Waals surface area contributed by atoms with Gasteiger partial charge in [0.1, 0.15) is 0 Å². The number of amides is 1. The number of H-pyrrole nitrogens is 1. The molecule has 0 radical (unpaired) electrons. The molecular weight excluding hydrogens is 273 g/mol. The fourth-order valence-corrected chi connectivity index (χ4v) is 1.41. The molecular formula is C12H15F3N4O. The van der Waals surface area contributed by atoms with Gasteiger partial charge < -0.3 is 11.1 Å². The van der Waals surface area contributed by atoms with E-state index in [2.05, 4.69) is 15.5 Å². The maximum absolute atomic E-state index is 12.6. The largest absolute Gasteiger partial charge is 0.412 e. The highest BCUT2D eigenvalue weighted by atomic mass is 19.4. The summed E-state index contributed by atoms with van der Waals surface area (Å²) in [4.78, 5) is 10.7. The van der Waals surface area contributed by atoms with Crippen LogP contribution in [-0.4, -0.2) is 28.8 Å². The van der Waals surface area contributed by atoms with Gasteiger partial charge in [-0.2, -0.15) is 18.3 Å². The summed E-state index contributed by atoms with van der Waals surface area (Å²) in [5.74, 6) is -0.497. The molecule has 0 unspecified atom stereocenters. The minimum atomic E-state index is -4.43. The Morgan fingerprint density at radius 2 is 2.15 bits per heavy atom. The van der Waals surface area contributed by atoms with Gasteiger partial charge in [0.15, 0.2) is 5.82 Å². The number of halogens is 3. The van der Waals surface area contributed by atoms with Crippen molar-refractivity contribution in [3.63, 3.8) is 0 Å².